The molecule has 1 atom stereocenters. The van der Waals surface area contributed by atoms with E-state index in [1.54, 1.807) is 84.9 Å². The molecule has 52 heavy (non-hydrogen) atoms. The number of thioether (sulfide) groups is 1. The summed E-state index contributed by atoms with van der Waals surface area (Å²) in [6, 6.07) is 33.1. The molecule has 0 saturated carbocycles. The van der Waals surface area contributed by atoms with Crippen molar-refractivity contribution in [2.75, 3.05) is 4.90 Å². The third-order valence-electron chi connectivity index (χ3n) is 8.52. The molecule has 0 spiro atoms. The Labute approximate surface area is 306 Å². The zero-order valence-electron chi connectivity index (χ0n) is 27.0. The summed E-state index contributed by atoms with van der Waals surface area (Å²) in [6.07, 6.45) is 9.62. The number of thiophene rings is 1. The van der Waals surface area contributed by atoms with Gasteiger partial charge in [-0.3, -0.25) is 9.59 Å². The van der Waals surface area contributed by atoms with Crippen molar-refractivity contribution in [1.29, 1.82) is 21.0 Å². The van der Waals surface area contributed by atoms with Crippen molar-refractivity contribution in [2.24, 2.45) is 5.92 Å². The molecule has 0 radical (unpaired) electrons. The largest absolute Gasteiger partial charge is 0.506 e. The van der Waals surface area contributed by atoms with E-state index in [1.165, 1.54) is 23.1 Å². The lowest BCUT2D eigenvalue weighted by Gasteiger charge is -2.26. The lowest BCUT2D eigenvalue weighted by atomic mass is 10.0. The van der Waals surface area contributed by atoms with Crippen LogP contribution in [-0.4, -0.2) is 21.7 Å². The zero-order chi connectivity index (χ0) is 36.4. The van der Waals surface area contributed by atoms with Gasteiger partial charge in [-0.15, -0.1) is 15.9 Å². The summed E-state index contributed by atoms with van der Waals surface area (Å²) in [4.78, 5) is 29.9. The number of rotatable bonds is 6. The monoisotopic (exact) mass is 711 g/mol. The number of hydrogen-bond acceptors (Lipinski definition) is 10. The maximum Gasteiger partial charge on any atom is 0.251 e. The molecule has 2 heterocycles. The van der Waals surface area contributed by atoms with Crippen LogP contribution in [0.25, 0.3) is 5.57 Å². The summed E-state index contributed by atoms with van der Waals surface area (Å²) in [5.74, 6) is -2.28. The summed E-state index contributed by atoms with van der Waals surface area (Å²) >= 11 is 2.44. The maximum absolute atomic E-state index is 13.6. The predicted octanol–water partition coefficient (Wildman–Crippen LogP) is 8.40. The molecular weight excluding hydrogens is 689 g/mol. The topological polar surface area (TPSA) is 156 Å². The Morgan fingerprint density at radius 3 is 1.83 bits per heavy atom. The number of anilines is 2. The molecule has 0 amide bonds. The van der Waals surface area contributed by atoms with E-state index in [2.05, 4.69) is 24.3 Å². The SMILES string of the molecule is N#Cc1ccc(N(C2=CCC(C#N)C=C2)c2ccc(C3=C(O)/C(=C4\C=CC(=[N+](c5ccc(C#N)cc5)c5ccc(C#N)cc5)S4)C(=O)C3=O)s2)cc1. The quantitative estimate of drug-likeness (QED) is 0.118. The van der Waals surface area contributed by atoms with Gasteiger partial charge < -0.3 is 10.0 Å². The average Bonchev–Trinajstić information content (AvgIpc) is 3.91. The number of hydrogen-bond donors (Lipinski definition) is 1. The van der Waals surface area contributed by atoms with Gasteiger partial charge in [0.25, 0.3) is 5.04 Å². The summed E-state index contributed by atoms with van der Waals surface area (Å²) in [7, 11) is 0. The van der Waals surface area contributed by atoms with Crippen LogP contribution in [0.2, 0.25) is 0 Å². The molecular formula is C41H23N6O3S2+. The normalized spacial score (nSPS) is 17.7. The highest BCUT2D eigenvalue weighted by atomic mass is 32.2. The van der Waals surface area contributed by atoms with E-state index in [9.17, 15) is 35.7 Å². The Hall–Kier alpha value is -7.02. The van der Waals surface area contributed by atoms with E-state index < -0.39 is 17.3 Å². The molecule has 0 bridgehead atoms. The Kier molecular flexibility index (Phi) is 9.06. The van der Waals surface area contributed by atoms with Crippen molar-refractivity contribution in [3.05, 3.63) is 159 Å². The highest BCUT2D eigenvalue weighted by Gasteiger charge is 2.41. The van der Waals surface area contributed by atoms with E-state index in [0.717, 1.165) is 22.8 Å². The van der Waals surface area contributed by atoms with E-state index >= 15 is 0 Å². The number of aliphatic hydroxyl groups is 1. The smallest absolute Gasteiger partial charge is 0.251 e. The average molecular weight is 712 g/mol. The molecule has 11 heteroatoms. The summed E-state index contributed by atoms with van der Waals surface area (Å²) in [6.45, 7) is 0. The van der Waals surface area contributed by atoms with Crippen LogP contribution in [0, 0.1) is 51.2 Å². The van der Waals surface area contributed by atoms with Gasteiger partial charge in [-0.05, 0) is 91.0 Å². The first kappa shape index (κ1) is 33.5. The minimum absolute atomic E-state index is 0.0836. The van der Waals surface area contributed by atoms with Crippen LogP contribution in [0.1, 0.15) is 28.0 Å². The number of aliphatic hydroxyl groups excluding tert-OH is 1. The summed E-state index contributed by atoms with van der Waals surface area (Å²) < 4.78 is 1.90. The molecule has 0 saturated heterocycles. The summed E-state index contributed by atoms with van der Waals surface area (Å²) in [5.41, 5.74) is 4.29. The second kappa shape index (κ2) is 14.1. The summed E-state index contributed by atoms with van der Waals surface area (Å²) in [5, 5.41) is 50.3. The van der Waals surface area contributed by atoms with Gasteiger partial charge in [0.05, 0.1) is 58.0 Å². The van der Waals surface area contributed by atoms with Crippen LogP contribution in [0.5, 0.6) is 0 Å². The number of nitriles is 4. The van der Waals surface area contributed by atoms with Crippen molar-refractivity contribution in [2.45, 2.75) is 6.42 Å². The van der Waals surface area contributed by atoms with E-state index in [4.69, 9.17) is 0 Å². The molecule has 7 rings (SSSR count). The van der Waals surface area contributed by atoms with Crippen molar-refractivity contribution >= 4 is 67.3 Å². The Balaban J connectivity index is 1.27. The van der Waals surface area contributed by atoms with Gasteiger partial charge in [-0.2, -0.15) is 21.0 Å². The van der Waals surface area contributed by atoms with Crippen LogP contribution in [0.4, 0.5) is 22.1 Å². The molecule has 1 unspecified atom stereocenters. The molecule has 1 aromatic heterocycles. The fourth-order valence-corrected chi connectivity index (χ4v) is 8.10. The maximum atomic E-state index is 13.6. The minimum atomic E-state index is -0.816. The number of Topliss-reactive ketones (excluding diaryl/α,β-unsaturated/α-hetero) is 2. The number of ketones is 2. The first-order chi connectivity index (χ1) is 25.3. The Morgan fingerprint density at radius 1 is 0.712 bits per heavy atom. The second-order valence-electron chi connectivity index (χ2n) is 11.6. The van der Waals surface area contributed by atoms with E-state index in [-0.39, 0.29) is 17.1 Å². The molecule has 3 aromatic carbocycles. The molecule has 246 valence electrons. The third kappa shape index (κ3) is 6.15. The molecule has 1 aliphatic heterocycles. The fraction of sp³-hybridized carbons (Fsp3) is 0.0488. The van der Waals surface area contributed by atoms with Crippen LogP contribution < -0.4 is 9.48 Å². The zero-order valence-corrected chi connectivity index (χ0v) is 28.7. The fourth-order valence-electron chi connectivity index (χ4n) is 5.92. The van der Waals surface area contributed by atoms with Gasteiger partial charge >= 0.3 is 0 Å². The van der Waals surface area contributed by atoms with E-state index in [0.29, 0.717) is 42.9 Å². The van der Waals surface area contributed by atoms with E-state index in [1.807, 2.05) is 39.8 Å². The van der Waals surface area contributed by atoms with Crippen LogP contribution in [0.3, 0.4) is 0 Å². The molecule has 4 aromatic rings. The first-order valence-corrected chi connectivity index (χ1v) is 17.5. The van der Waals surface area contributed by atoms with Crippen LogP contribution >= 0.6 is 23.1 Å². The minimum Gasteiger partial charge on any atom is -0.506 e. The third-order valence-corrected chi connectivity index (χ3v) is 10.7. The van der Waals surface area contributed by atoms with Crippen LogP contribution in [0.15, 0.2) is 137 Å². The van der Waals surface area contributed by atoms with Gasteiger partial charge in [-0.1, -0.05) is 12.2 Å². The van der Waals surface area contributed by atoms with Crippen molar-refractivity contribution in [1.82, 2.24) is 4.58 Å². The Morgan fingerprint density at radius 2 is 1.29 bits per heavy atom. The number of allylic oxidation sites excluding steroid dienone is 6. The number of carbonyl (C=O) groups excluding carboxylic acids is 2. The van der Waals surface area contributed by atoms with Gasteiger partial charge in [0, 0.05) is 51.5 Å². The van der Waals surface area contributed by atoms with Crippen molar-refractivity contribution in [3.63, 3.8) is 0 Å². The van der Waals surface area contributed by atoms with Crippen LogP contribution in [-0.2, 0) is 9.59 Å². The Bertz CT molecular complexity index is 2480. The number of benzene rings is 3. The highest BCUT2D eigenvalue weighted by Crippen LogP contribution is 2.45. The molecule has 0 fully saturated rings. The standard InChI is InChI=1S/C41H22N6O3S2/c42-21-25-1-9-29(10-2-25)46(30-11-3-26(22-43)4-12-30)35-19-17-33(51-35)37-39(48)38(41(50)40(37)49)34-18-20-36(52-34)47(31-13-5-27(23-44)6-14-31)32-15-7-28(24-45)8-16-32/h1-7,9-20,28H,8H2/p+1. The van der Waals surface area contributed by atoms with Gasteiger partial charge in [-0.25, -0.2) is 0 Å². The molecule has 2 aliphatic carbocycles. The molecule has 3 aliphatic rings. The number of nitrogens with zero attached hydrogens (tertiary/aromatic N) is 6. The highest BCUT2D eigenvalue weighted by molar-refractivity contribution is 8.18. The first-order valence-electron chi connectivity index (χ1n) is 15.8. The lowest BCUT2D eigenvalue weighted by molar-refractivity contribution is -0.130. The molecule has 1 N–H and O–H groups in total. The van der Waals surface area contributed by atoms with Crippen molar-refractivity contribution < 1.29 is 14.7 Å². The van der Waals surface area contributed by atoms with Gasteiger partial charge in [0.1, 0.15) is 10.8 Å². The van der Waals surface area contributed by atoms with Gasteiger partial charge in [0.15, 0.2) is 0 Å². The predicted molar refractivity (Wildman–Crippen MR) is 201 cm³/mol. The van der Waals surface area contributed by atoms with Gasteiger partial charge in [0.2, 0.25) is 22.9 Å². The molecule has 9 nitrogen and oxygen atoms in total. The second-order valence-corrected chi connectivity index (χ2v) is 13.8. The van der Waals surface area contributed by atoms with Crippen molar-refractivity contribution in [3.8, 4) is 24.3 Å². The number of carbonyl (C=O) groups is 2. The lowest BCUT2D eigenvalue weighted by Crippen LogP contribution is -2.16.